The molecule has 0 saturated heterocycles. The van der Waals surface area contributed by atoms with Crippen LogP contribution in [0, 0.1) is 5.92 Å². The molecule has 1 atom stereocenters. The number of rotatable bonds is 5. The molecule has 0 aliphatic heterocycles. The normalized spacial score (nSPS) is 12.2. The summed E-state index contributed by atoms with van der Waals surface area (Å²) < 4.78 is 0. The fraction of sp³-hybridized carbons (Fsp3) is 0.200. The smallest absolute Gasteiger partial charge is 0.304 e. The van der Waals surface area contributed by atoms with Crippen molar-refractivity contribution in [1.29, 1.82) is 0 Å². The molecular formula is C15H13O3. The Morgan fingerprint density at radius 3 is 2.61 bits per heavy atom. The lowest BCUT2D eigenvalue weighted by molar-refractivity contribution is -0.137. The minimum absolute atomic E-state index is 0.174. The van der Waals surface area contributed by atoms with Gasteiger partial charge < -0.3 is 5.11 Å². The van der Waals surface area contributed by atoms with Gasteiger partial charge in [-0.2, -0.15) is 0 Å². The van der Waals surface area contributed by atoms with Crippen molar-refractivity contribution in [3.05, 3.63) is 48.0 Å². The highest BCUT2D eigenvalue weighted by molar-refractivity contribution is 5.86. The number of carbonyl (C=O) groups excluding carboxylic acids is 1. The number of hydrogen-bond donors (Lipinski definition) is 1. The molecule has 0 amide bonds. The van der Waals surface area contributed by atoms with Gasteiger partial charge in [-0.15, -0.1) is 0 Å². The molecule has 0 fully saturated rings. The summed E-state index contributed by atoms with van der Waals surface area (Å²) in [4.78, 5) is 21.4. The van der Waals surface area contributed by atoms with E-state index in [9.17, 15) is 9.59 Å². The molecule has 1 unspecified atom stereocenters. The fourth-order valence-corrected chi connectivity index (χ4v) is 2.10. The van der Waals surface area contributed by atoms with E-state index < -0.39 is 11.9 Å². The topological polar surface area (TPSA) is 54.4 Å². The van der Waals surface area contributed by atoms with Crippen LogP contribution in [0.5, 0.6) is 0 Å². The van der Waals surface area contributed by atoms with Gasteiger partial charge >= 0.3 is 5.97 Å². The minimum Gasteiger partial charge on any atom is -0.481 e. The molecule has 0 bridgehead atoms. The minimum atomic E-state index is -0.969. The number of fused-ring (bicyclic) bond motifs is 1. The SMILES string of the molecule is O=[C]C(CC(=O)O)Cc1cccc2ccccc12. The van der Waals surface area contributed by atoms with E-state index in [2.05, 4.69) is 0 Å². The molecule has 18 heavy (non-hydrogen) atoms. The Balaban J connectivity index is 2.30. The lowest BCUT2D eigenvalue weighted by Gasteiger charge is -2.09. The molecule has 0 saturated carbocycles. The van der Waals surface area contributed by atoms with Crippen LogP contribution in [0.3, 0.4) is 0 Å². The molecule has 2 aromatic rings. The summed E-state index contributed by atoms with van der Waals surface area (Å²) in [5, 5.41) is 10.9. The van der Waals surface area contributed by atoms with Gasteiger partial charge in [-0.1, -0.05) is 42.5 Å². The second-order valence-electron chi connectivity index (χ2n) is 4.26. The van der Waals surface area contributed by atoms with Gasteiger partial charge in [-0.25, -0.2) is 0 Å². The van der Waals surface area contributed by atoms with E-state index >= 15 is 0 Å². The van der Waals surface area contributed by atoms with Crippen LogP contribution in [0.1, 0.15) is 12.0 Å². The van der Waals surface area contributed by atoms with E-state index in [0.717, 1.165) is 16.3 Å². The van der Waals surface area contributed by atoms with Gasteiger partial charge in [-0.3, -0.25) is 9.59 Å². The largest absolute Gasteiger partial charge is 0.481 e. The van der Waals surface area contributed by atoms with Crippen molar-refractivity contribution in [2.75, 3.05) is 0 Å². The number of carboxylic acid groups (broad SMARTS) is 1. The Kier molecular flexibility index (Phi) is 3.72. The van der Waals surface area contributed by atoms with Crippen molar-refractivity contribution in [2.24, 2.45) is 5.92 Å². The van der Waals surface area contributed by atoms with Gasteiger partial charge in [0.2, 0.25) is 6.29 Å². The molecule has 2 aromatic carbocycles. The molecule has 3 nitrogen and oxygen atoms in total. The van der Waals surface area contributed by atoms with E-state index in [1.54, 1.807) is 0 Å². The predicted molar refractivity (Wildman–Crippen MR) is 69.1 cm³/mol. The molecule has 91 valence electrons. The van der Waals surface area contributed by atoms with Gasteiger partial charge in [-0.05, 0) is 22.8 Å². The summed E-state index contributed by atoms with van der Waals surface area (Å²) >= 11 is 0. The Morgan fingerprint density at radius 2 is 1.89 bits per heavy atom. The van der Waals surface area contributed by atoms with Crippen molar-refractivity contribution in [2.45, 2.75) is 12.8 Å². The quantitative estimate of drug-likeness (QED) is 0.875. The van der Waals surface area contributed by atoms with Gasteiger partial charge in [0.15, 0.2) is 0 Å². The van der Waals surface area contributed by atoms with Crippen LogP contribution in [0.2, 0.25) is 0 Å². The first kappa shape index (κ1) is 12.3. The molecule has 3 heteroatoms. The van der Waals surface area contributed by atoms with E-state index in [1.807, 2.05) is 48.8 Å². The summed E-state index contributed by atoms with van der Waals surface area (Å²) in [6, 6.07) is 13.7. The van der Waals surface area contributed by atoms with Crippen molar-refractivity contribution in [1.82, 2.24) is 0 Å². The third-order valence-electron chi connectivity index (χ3n) is 2.93. The molecule has 0 aliphatic carbocycles. The van der Waals surface area contributed by atoms with Crippen molar-refractivity contribution in [3.8, 4) is 0 Å². The first-order chi connectivity index (χ1) is 8.70. The zero-order valence-electron chi connectivity index (χ0n) is 9.80. The van der Waals surface area contributed by atoms with Crippen LogP contribution < -0.4 is 0 Å². The molecule has 0 aromatic heterocycles. The van der Waals surface area contributed by atoms with Crippen LogP contribution in [0.25, 0.3) is 10.8 Å². The van der Waals surface area contributed by atoms with Crippen LogP contribution in [0.15, 0.2) is 42.5 Å². The van der Waals surface area contributed by atoms with Crippen LogP contribution in [-0.2, 0) is 16.0 Å². The first-order valence-electron chi connectivity index (χ1n) is 5.77. The Bertz CT molecular complexity index is 569. The number of benzene rings is 2. The number of carboxylic acids is 1. The summed E-state index contributed by atoms with van der Waals surface area (Å²) in [5.41, 5.74) is 0.989. The molecule has 1 radical (unpaired) electrons. The summed E-state index contributed by atoms with van der Waals surface area (Å²) in [6.07, 6.45) is 2.06. The van der Waals surface area contributed by atoms with Crippen LogP contribution >= 0.6 is 0 Å². The molecule has 2 rings (SSSR count). The second-order valence-corrected chi connectivity index (χ2v) is 4.26. The van der Waals surface area contributed by atoms with Crippen molar-refractivity contribution in [3.63, 3.8) is 0 Å². The van der Waals surface area contributed by atoms with E-state index in [0.29, 0.717) is 6.42 Å². The number of aliphatic carboxylic acids is 1. The Hall–Kier alpha value is -2.16. The van der Waals surface area contributed by atoms with Gasteiger partial charge in [0, 0.05) is 5.92 Å². The Morgan fingerprint density at radius 1 is 1.17 bits per heavy atom. The fourth-order valence-electron chi connectivity index (χ4n) is 2.10. The van der Waals surface area contributed by atoms with E-state index in [-0.39, 0.29) is 6.42 Å². The molecule has 0 aliphatic rings. The van der Waals surface area contributed by atoms with Gasteiger partial charge in [0.05, 0.1) is 6.42 Å². The third-order valence-corrected chi connectivity index (χ3v) is 2.93. The van der Waals surface area contributed by atoms with Crippen molar-refractivity contribution < 1.29 is 14.7 Å². The maximum Gasteiger partial charge on any atom is 0.304 e. The van der Waals surface area contributed by atoms with Crippen LogP contribution in [0.4, 0.5) is 0 Å². The molecular weight excluding hydrogens is 228 g/mol. The average Bonchev–Trinajstić information content (AvgIpc) is 2.38. The summed E-state index contributed by atoms with van der Waals surface area (Å²) in [5.74, 6) is -1.56. The molecule has 0 spiro atoms. The third kappa shape index (κ3) is 2.74. The average molecular weight is 241 g/mol. The Labute approximate surface area is 105 Å². The maximum atomic E-state index is 10.8. The summed E-state index contributed by atoms with van der Waals surface area (Å²) in [6.45, 7) is 0. The standard InChI is InChI=1S/C15H13O3/c16-10-11(9-15(17)18)8-13-6-3-5-12-4-1-2-7-14(12)13/h1-7,11H,8-9H2,(H,17,18). The number of hydrogen-bond acceptors (Lipinski definition) is 2. The predicted octanol–water partition coefficient (Wildman–Crippen LogP) is 2.58. The van der Waals surface area contributed by atoms with Gasteiger partial charge in [0.1, 0.15) is 0 Å². The number of carbonyl (C=O) groups is 1. The lowest BCUT2D eigenvalue weighted by Crippen LogP contribution is -2.12. The van der Waals surface area contributed by atoms with Crippen molar-refractivity contribution >= 4 is 23.0 Å². The maximum absolute atomic E-state index is 10.8. The van der Waals surface area contributed by atoms with Gasteiger partial charge in [0.25, 0.3) is 0 Å². The summed E-state index contributed by atoms with van der Waals surface area (Å²) in [7, 11) is 0. The highest BCUT2D eigenvalue weighted by atomic mass is 16.4. The van der Waals surface area contributed by atoms with E-state index in [4.69, 9.17) is 5.11 Å². The zero-order chi connectivity index (χ0) is 13.0. The second kappa shape index (κ2) is 5.45. The monoisotopic (exact) mass is 241 g/mol. The molecule has 1 N–H and O–H groups in total. The highest BCUT2D eigenvalue weighted by Crippen LogP contribution is 2.21. The van der Waals surface area contributed by atoms with Crippen LogP contribution in [-0.4, -0.2) is 17.4 Å². The zero-order valence-corrected chi connectivity index (χ0v) is 9.80. The lowest BCUT2D eigenvalue weighted by atomic mass is 9.94. The molecule has 0 heterocycles. The van der Waals surface area contributed by atoms with E-state index in [1.165, 1.54) is 0 Å². The highest BCUT2D eigenvalue weighted by Gasteiger charge is 2.15. The first-order valence-corrected chi connectivity index (χ1v) is 5.77.